The Morgan fingerprint density at radius 3 is 2.64 bits per heavy atom. The van der Waals surface area contributed by atoms with Gasteiger partial charge < -0.3 is 14.5 Å². The van der Waals surface area contributed by atoms with E-state index in [-0.39, 0.29) is 30.8 Å². The standard InChI is InChI=1S/C14H24NO6P/c1-4-19-22(18,20-5-2)21-13-10-15(11(3)16)9-12-7-6-8-14(12,13)17/h10,12,17H,4-9H2,1-3H3/t12-,14-/m1/s1. The molecule has 8 heteroatoms. The number of phosphoric ester groups is 1. The van der Waals surface area contributed by atoms with E-state index in [0.29, 0.717) is 13.0 Å². The Hall–Kier alpha value is -0.880. The van der Waals surface area contributed by atoms with E-state index in [1.807, 2.05) is 0 Å². The maximum atomic E-state index is 12.6. The van der Waals surface area contributed by atoms with Gasteiger partial charge >= 0.3 is 7.82 Å². The van der Waals surface area contributed by atoms with Crippen LogP contribution in [0.1, 0.15) is 40.0 Å². The molecule has 1 amide bonds. The van der Waals surface area contributed by atoms with Crippen molar-refractivity contribution in [2.24, 2.45) is 5.92 Å². The zero-order valence-electron chi connectivity index (χ0n) is 13.3. The van der Waals surface area contributed by atoms with Crippen LogP contribution < -0.4 is 0 Å². The normalized spacial score (nSPS) is 28.3. The fourth-order valence-electron chi connectivity index (χ4n) is 3.02. The minimum atomic E-state index is -3.80. The quantitative estimate of drug-likeness (QED) is 0.751. The Kier molecular flexibility index (Phi) is 5.33. The molecule has 1 saturated carbocycles. The molecule has 1 heterocycles. The zero-order chi connectivity index (χ0) is 16.4. The molecule has 0 saturated heterocycles. The Labute approximate surface area is 130 Å². The average Bonchev–Trinajstić information content (AvgIpc) is 2.81. The number of nitrogens with zero attached hydrogens (tertiary/aromatic N) is 1. The number of hydrogen-bond donors (Lipinski definition) is 1. The highest BCUT2D eigenvalue weighted by Crippen LogP contribution is 2.56. The molecule has 0 aromatic carbocycles. The predicted octanol–water partition coefficient (Wildman–Crippen LogP) is 2.42. The Morgan fingerprint density at radius 2 is 2.09 bits per heavy atom. The van der Waals surface area contributed by atoms with Crippen LogP contribution in [-0.4, -0.2) is 41.3 Å². The van der Waals surface area contributed by atoms with E-state index in [2.05, 4.69) is 0 Å². The highest BCUT2D eigenvalue weighted by Gasteiger charge is 2.51. The van der Waals surface area contributed by atoms with Gasteiger partial charge in [0.2, 0.25) is 5.91 Å². The molecular weight excluding hydrogens is 309 g/mol. The maximum absolute atomic E-state index is 12.6. The number of carbonyl (C=O) groups is 1. The van der Waals surface area contributed by atoms with Crippen LogP contribution in [0.15, 0.2) is 12.0 Å². The largest absolute Gasteiger partial charge is 0.529 e. The second-order valence-corrected chi connectivity index (χ2v) is 7.15. The molecule has 2 atom stereocenters. The van der Waals surface area contributed by atoms with Gasteiger partial charge in [0.1, 0.15) is 5.60 Å². The van der Waals surface area contributed by atoms with E-state index >= 15 is 0 Å². The second-order valence-electron chi connectivity index (χ2n) is 5.55. The van der Waals surface area contributed by atoms with Gasteiger partial charge in [0.15, 0.2) is 5.76 Å². The molecule has 1 aliphatic carbocycles. The minimum absolute atomic E-state index is 0.0988. The third-order valence-corrected chi connectivity index (χ3v) is 5.66. The zero-order valence-corrected chi connectivity index (χ0v) is 14.2. The van der Waals surface area contributed by atoms with Crippen molar-refractivity contribution in [1.82, 2.24) is 4.90 Å². The topological polar surface area (TPSA) is 85.3 Å². The van der Waals surface area contributed by atoms with Crippen molar-refractivity contribution in [1.29, 1.82) is 0 Å². The summed E-state index contributed by atoms with van der Waals surface area (Å²) in [5.41, 5.74) is -1.21. The van der Waals surface area contributed by atoms with Crippen molar-refractivity contribution in [3.05, 3.63) is 12.0 Å². The van der Waals surface area contributed by atoms with E-state index < -0.39 is 13.4 Å². The van der Waals surface area contributed by atoms with Gasteiger partial charge in [-0.2, -0.15) is 0 Å². The van der Waals surface area contributed by atoms with Gasteiger partial charge in [0, 0.05) is 25.6 Å². The summed E-state index contributed by atoms with van der Waals surface area (Å²) in [6, 6.07) is 0. The van der Waals surface area contributed by atoms with Crippen molar-refractivity contribution in [3.63, 3.8) is 0 Å². The highest BCUT2D eigenvalue weighted by molar-refractivity contribution is 7.48. The van der Waals surface area contributed by atoms with E-state index in [1.165, 1.54) is 18.0 Å². The molecule has 0 bridgehead atoms. The molecule has 0 unspecified atom stereocenters. The molecular formula is C14H24NO6P. The van der Waals surface area contributed by atoms with Crippen LogP contribution in [0.3, 0.4) is 0 Å². The highest BCUT2D eigenvalue weighted by atomic mass is 31.2. The van der Waals surface area contributed by atoms with E-state index in [4.69, 9.17) is 13.6 Å². The van der Waals surface area contributed by atoms with Gasteiger partial charge in [-0.15, -0.1) is 0 Å². The smallest absolute Gasteiger partial charge is 0.404 e. The van der Waals surface area contributed by atoms with Crippen molar-refractivity contribution in [3.8, 4) is 0 Å². The van der Waals surface area contributed by atoms with Crippen molar-refractivity contribution in [2.45, 2.75) is 45.6 Å². The van der Waals surface area contributed by atoms with E-state index in [0.717, 1.165) is 12.8 Å². The van der Waals surface area contributed by atoms with E-state index in [1.54, 1.807) is 13.8 Å². The molecule has 1 aliphatic heterocycles. The monoisotopic (exact) mass is 333 g/mol. The molecule has 2 rings (SSSR count). The number of rotatable bonds is 6. The first-order chi connectivity index (χ1) is 10.3. The summed E-state index contributed by atoms with van der Waals surface area (Å²) in [7, 11) is -3.80. The van der Waals surface area contributed by atoms with Gasteiger partial charge in [-0.05, 0) is 33.1 Å². The first kappa shape index (κ1) is 17.5. The number of fused-ring (bicyclic) bond motifs is 1. The molecule has 0 spiro atoms. The molecule has 126 valence electrons. The minimum Gasteiger partial charge on any atom is -0.404 e. The van der Waals surface area contributed by atoms with Crippen LogP contribution in [0.5, 0.6) is 0 Å². The van der Waals surface area contributed by atoms with Crippen LogP contribution in [0.4, 0.5) is 0 Å². The first-order valence-electron chi connectivity index (χ1n) is 7.65. The summed E-state index contributed by atoms with van der Waals surface area (Å²) in [6.07, 6.45) is 3.54. The summed E-state index contributed by atoms with van der Waals surface area (Å²) in [5, 5.41) is 10.9. The first-order valence-corrected chi connectivity index (χ1v) is 9.11. The molecule has 0 aromatic heterocycles. The van der Waals surface area contributed by atoms with Crippen LogP contribution >= 0.6 is 7.82 Å². The molecule has 22 heavy (non-hydrogen) atoms. The summed E-state index contributed by atoms with van der Waals surface area (Å²) in [6.45, 7) is 5.55. The van der Waals surface area contributed by atoms with E-state index in [9.17, 15) is 14.5 Å². The van der Waals surface area contributed by atoms with Gasteiger partial charge in [-0.3, -0.25) is 13.8 Å². The number of aliphatic hydroxyl groups is 1. The third-order valence-electron chi connectivity index (χ3n) is 4.09. The average molecular weight is 333 g/mol. The van der Waals surface area contributed by atoms with Gasteiger partial charge in [0.25, 0.3) is 0 Å². The molecule has 1 fully saturated rings. The van der Waals surface area contributed by atoms with Crippen molar-refractivity contribution < 1.29 is 28.0 Å². The SMILES string of the molecule is CCOP(=O)(OCC)OC1=CN(C(C)=O)C[C@H]2CCC[C@]12O. The van der Waals surface area contributed by atoms with Crippen LogP contribution in [0.2, 0.25) is 0 Å². The lowest BCUT2D eigenvalue weighted by molar-refractivity contribution is -0.129. The lowest BCUT2D eigenvalue weighted by Crippen LogP contribution is -2.47. The predicted molar refractivity (Wildman–Crippen MR) is 79.7 cm³/mol. The molecule has 0 aromatic rings. The number of amides is 1. The molecule has 0 radical (unpaired) electrons. The number of carbonyl (C=O) groups excluding carboxylic acids is 1. The third kappa shape index (κ3) is 3.38. The van der Waals surface area contributed by atoms with Crippen molar-refractivity contribution >= 4 is 13.7 Å². The number of phosphoric acid groups is 1. The molecule has 1 N–H and O–H groups in total. The van der Waals surface area contributed by atoms with Crippen LogP contribution in [0.25, 0.3) is 0 Å². The Morgan fingerprint density at radius 1 is 1.45 bits per heavy atom. The number of hydrogen-bond acceptors (Lipinski definition) is 6. The fourth-order valence-corrected chi connectivity index (χ4v) is 4.28. The lowest BCUT2D eigenvalue weighted by atomic mass is 9.86. The fraction of sp³-hybridized carbons (Fsp3) is 0.786. The van der Waals surface area contributed by atoms with Crippen LogP contribution in [0, 0.1) is 5.92 Å². The Bertz CT molecular complexity index is 498. The van der Waals surface area contributed by atoms with Crippen molar-refractivity contribution in [2.75, 3.05) is 19.8 Å². The van der Waals surface area contributed by atoms with Gasteiger partial charge in [0.05, 0.1) is 13.2 Å². The van der Waals surface area contributed by atoms with Gasteiger partial charge in [-0.25, -0.2) is 4.57 Å². The molecule has 2 aliphatic rings. The summed E-state index contributed by atoms with van der Waals surface area (Å²) in [5.74, 6) is -0.188. The summed E-state index contributed by atoms with van der Waals surface area (Å²) >= 11 is 0. The van der Waals surface area contributed by atoms with Crippen LogP contribution in [-0.2, 0) is 22.9 Å². The summed E-state index contributed by atoms with van der Waals surface area (Å²) < 4.78 is 28.3. The summed E-state index contributed by atoms with van der Waals surface area (Å²) in [4.78, 5) is 13.1. The Balaban J connectivity index is 2.31. The van der Waals surface area contributed by atoms with Gasteiger partial charge in [-0.1, -0.05) is 0 Å². The second kappa shape index (κ2) is 6.71. The molecule has 7 nitrogen and oxygen atoms in total. The maximum Gasteiger partial charge on any atom is 0.529 e. The lowest BCUT2D eigenvalue weighted by Gasteiger charge is -2.39.